The van der Waals surface area contributed by atoms with Gasteiger partial charge in [0.2, 0.25) is 11.8 Å². The van der Waals surface area contributed by atoms with Crippen molar-refractivity contribution >= 4 is 17.5 Å². The number of aromatic nitrogens is 2. The van der Waals surface area contributed by atoms with Crippen LogP contribution in [-0.2, 0) is 0 Å². The van der Waals surface area contributed by atoms with Crippen LogP contribution in [0.2, 0.25) is 0 Å². The molecule has 0 aromatic carbocycles. The van der Waals surface area contributed by atoms with E-state index in [9.17, 15) is 18.9 Å². The second kappa shape index (κ2) is 7.48. The number of halogens is 2. The first-order valence-corrected chi connectivity index (χ1v) is 5.91. The van der Waals surface area contributed by atoms with Crippen LogP contribution in [0.15, 0.2) is 6.20 Å². The highest BCUT2D eigenvalue weighted by atomic mass is 19.3. The van der Waals surface area contributed by atoms with Crippen molar-refractivity contribution in [2.45, 2.75) is 25.9 Å². The van der Waals surface area contributed by atoms with Gasteiger partial charge in [0.05, 0.1) is 4.92 Å². The summed E-state index contributed by atoms with van der Waals surface area (Å²) in [5.74, 6) is -0.0743. The fourth-order valence-corrected chi connectivity index (χ4v) is 1.25. The topological polar surface area (TPSA) is 113 Å². The Labute approximate surface area is 113 Å². The molecule has 0 aliphatic carbocycles. The van der Waals surface area contributed by atoms with Gasteiger partial charge in [-0.3, -0.25) is 10.1 Å². The molecule has 0 bridgehead atoms. The number of hydrogen-bond donors (Lipinski definition) is 3. The van der Waals surface area contributed by atoms with E-state index in [1.165, 1.54) is 0 Å². The van der Waals surface area contributed by atoms with E-state index < -0.39 is 29.7 Å². The smallest absolute Gasteiger partial charge is 0.329 e. The molecule has 3 N–H and O–H groups in total. The van der Waals surface area contributed by atoms with E-state index in [1.807, 2.05) is 6.92 Å². The van der Waals surface area contributed by atoms with Crippen LogP contribution in [0.3, 0.4) is 0 Å². The fraction of sp³-hybridized carbons (Fsp3) is 0.600. The van der Waals surface area contributed by atoms with Crippen molar-refractivity contribution < 1.29 is 18.8 Å². The predicted molar refractivity (Wildman–Crippen MR) is 68.0 cm³/mol. The average molecular weight is 291 g/mol. The Balaban J connectivity index is 2.85. The molecule has 10 heteroatoms. The fourth-order valence-electron chi connectivity index (χ4n) is 1.25. The van der Waals surface area contributed by atoms with E-state index in [-0.39, 0.29) is 11.8 Å². The number of nitrogens with zero attached hydrogens (tertiary/aromatic N) is 3. The SMILES string of the molecule is CCCNc1ncc([N+](=O)[O-])c(NCC(O)C(F)F)n1. The number of aliphatic hydroxyl groups is 1. The minimum Gasteiger partial charge on any atom is -0.385 e. The van der Waals surface area contributed by atoms with E-state index in [0.717, 1.165) is 12.6 Å². The van der Waals surface area contributed by atoms with Crippen LogP contribution in [0.4, 0.5) is 26.2 Å². The first-order valence-electron chi connectivity index (χ1n) is 5.91. The van der Waals surface area contributed by atoms with Gasteiger partial charge in [-0.15, -0.1) is 0 Å². The average Bonchev–Trinajstić information content (AvgIpc) is 2.42. The van der Waals surface area contributed by atoms with Gasteiger partial charge in [-0.05, 0) is 6.42 Å². The molecule has 0 radical (unpaired) electrons. The normalized spacial score (nSPS) is 12.2. The van der Waals surface area contributed by atoms with E-state index >= 15 is 0 Å². The molecule has 0 fully saturated rings. The largest absolute Gasteiger partial charge is 0.385 e. The van der Waals surface area contributed by atoms with Gasteiger partial charge in [-0.1, -0.05) is 6.92 Å². The molecule has 1 aromatic heterocycles. The van der Waals surface area contributed by atoms with Crippen molar-refractivity contribution in [3.63, 3.8) is 0 Å². The van der Waals surface area contributed by atoms with Gasteiger partial charge < -0.3 is 15.7 Å². The van der Waals surface area contributed by atoms with Gasteiger partial charge in [-0.25, -0.2) is 13.8 Å². The molecule has 112 valence electrons. The molecule has 1 unspecified atom stereocenters. The lowest BCUT2D eigenvalue weighted by Gasteiger charge is -2.12. The van der Waals surface area contributed by atoms with Crippen molar-refractivity contribution in [1.82, 2.24) is 9.97 Å². The van der Waals surface area contributed by atoms with Crippen molar-refractivity contribution in [1.29, 1.82) is 0 Å². The Morgan fingerprint density at radius 3 is 2.75 bits per heavy atom. The zero-order chi connectivity index (χ0) is 15.1. The first kappa shape index (κ1) is 16.0. The molecular formula is C10H15F2N5O3. The Hall–Kier alpha value is -2.10. The number of nitro groups is 1. The molecule has 0 amide bonds. The second-order valence-corrected chi connectivity index (χ2v) is 3.89. The van der Waals surface area contributed by atoms with E-state index in [1.54, 1.807) is 0 Å². The number of anilines is 2. The summed E-state index contributed by atoms with van der Waals surface area (Å²) in [5.41, 5.74) is -0.450. The Bertz CT molecular complexity index is 461. The van der Waals surface area contributed by atoms with Crippen LogP contribution in [0.1, 0.15) is 13.3 Å². The summed E-state index contributed by atoms with van der Waals surface area (Å²) in [4.78, 5) is 17.6. The Morgan fingerprint density at radius 1 is 1.50 bits per heavy atom. The highest BCUT2D eigenvalue weighted by Gasteiger charge is 2.21. The number of alkyl halides is 2. The lowest BCUT2D eigenvalue weighted by atomic mass is 10.3. The molecule has 1 aromatic rings. The Morgan fingerprint density at radius 2 is 2.20 bits per heavy atom. The monoisotopic (exact) mass is 291 g/mol. The van der Waals surface area contributed by atoms with Crippen molar-refractivity contribution in [3.8, 4) is 0 Å². The summed E-state index contributed by atoms with van der Waals surface area (Å²) >= 11 is 0. The van der Waals surface area contributed by atoms with Gasteiger partial charge in [0.15, 0.2) is 0 Å². The molecule has 0 aliphatic rings. The van der Waals surface area contributed by atoms with Crippen LogP contribution in [-0.4, -0.2) is 45.6 Å². The maximum absolute atomic E-state index is 12.2. The summed E-state index contributed by atoms with van der Waals surface area (Å²) in [6.07, 6.45) is -3.10. The number of hydrogen-bond acceptors (Lipinski definition) is 7. The third-order valence-corrected chi connectivity index (χ3v) is 2.27. The van der Waals surface area contributed by atoms with Gasteiger partial charge in [-0.2, -0.15) is 4.98 Å². The van der Waals surface area contributed by atoms with Crippen LogP contribution in [0.5, 0.6) is 0 Å². The molecule has 8 nitrogen and oxygen atoms in total. The van der Waals surface area contributed by atoms with Crippen LogP contribution >= 0.6 is 0 Å². The summed E-state index contributed by atoms with van der Waals surface area (Å²) in [6, 6.07) is 0. The lowest BCUT2D eigenvalue weighted by Crippen LogP contribution is -2.27. The zero-order valence-corrected chi connectivity index (χ0v) is 10.7. The van der Waals surface area contributed by atoms with Gasteiger partial charge in [0.25, 0.3) is 6.43 Å². The van der Waals surface area contributed by atoms with Gasteiger partial charge >= 0.3 is 5.69 Å². The van der Waals surface area contributed by atoms with Crippen LogP contribution in [0.25, 0.3) is 0 Å². The van der Waals surface area contributed by atoms with Crippen LogP contribution < -0.4 is 10.6 Å². The minimum absolute atomic E-state index is 0.145. The Kier molecular flexibility index (Phi) is 5.97. The van der Waals surface area contributed by atoms with Gasteiger partial charge in [0, 0.05) is 13.1 Å². The highest BCUT2D eigenvalue weighted by Crippen LogP contribution is 2.22. The molecule has 1 rings (SSSR count). The summed E-state index contributed by atoms with van der Waals surface area (Å²) in [7, 11) is 0. The molecule has 0 saturated heterocycles. The maximum atomic E-state index is 12.2. The number of nitrogens with one attached hydrogen (secondary N) is 2. The molecule has 20 heavy (non-hydrogen) atoms. The zero-order valence-electron chi connectivity index (χ0n) is 10.7. The van der Waals surface area contributed by atoms with Crippen molar-refractivity contribution in [2.24, 2.45) is 0 Å². The standard InChI is InChI=1S/C10H15F2N5O3/c1-2-3-13-10-15-4-6(17(19)20)9(16-10)14-5-7(18)8(11)12/h4,7-8,18H,2-3,5H2,1H3,(H2,13,14,15,16). The van der Waals surface area contributed by atoms with E-state index in [4.69, 9.17) is 5.11 Å². The summed E-state index contributed by atoms with van der Waals surface area (Å²) < 4.78 is 24.3. The summed E-state index contributed by atoms with van der Waals surface area (Å²) in [6.45, 7) is 1.93. The first-order chi connectivity index (χ1) is 9.45. The quantitative estimate of drug-likeness (QED) is 0.488. The molecule has 1 atom stereocenters. The maximum Gasteiger partial charge on any atom is 0.329 e. The molecule has 0 saturated carbocycles. The molecule has 0 aliphatic heterocycles. The van der Waals surface area contributed by atoms with Crippen molar-refractivity contribution in [2.75, 3.05) is 23.7 Å². The summed E-state index contributed by atoms with van der Waals surface area (Å²) in [5, 5.41) is 24.9. The van der Waals surface area contributed by atoms with E-state index in [2.05, 4.69) is 20.6 Å². The van der Waals surface area contributed by atoms with Crippen LogP contribution in [0, 0.1) is 10.1 Å². The van der Waals surface area contributed by atoms with Gasteiger partial charge in [0.1, 0.15) is 12.3 Å². The third-order valence-electron chi connectivity index (χ3n) is 2.27. The second-order valence-electron chi connectivity index (χ2n) is 3.89. The number of rotatable bonds is 8. The van der Waals surface area contributed by atoms with E-state index in [0.29, 0.717) is 6.54 Å². The minimum atomic E-state index is -2.94. The molecule has 0 spiro atoms. The highest BCUT2D eigenvalue weighted by molar-refractivity contribution is 5.56. The molecular weight excluding hydrogens is 276 g/mol. The number of aliphatic hydroxyl groups excluding tert-OH is 1. The third kappa shape index (κ3) is 4.53. The predicted octanol–water partition coefficient (Wildman–Crippen LogP) is 1.24. The van der Waals surface area contributed by atoms with Crippen molar-refractivity contribution in [3.05, 3.63) is 16.3 Å². The lowest BCUT2D eigenvalue weighted by molar-refractivity contribution is -0.384. The molecule has 1 heterocycles.